The molecule has 170 valence electrons. The van der Waals surface area contributed by atoms with Crippen molar-refractivity contribution in [3.63, 3.8) is 0 Å². The number of hydrogen-bond donors (Lipinski definition) is 1. The van der Waals surface area contributed by atoms with Gasteiger partial charge in [0.2, 0.25) is 0 Å². The lowest BCUT2D eigenvalue weighted by atomic mass is 9.99. The van der Waals surface area contributed by atoms with E-state index in [-0.39, 0.29) is 18.6 Å². The first-order valence-corrected chi connectivity index (χ1v) is 12.1. The second kappa shape index (κ2) is 8.52. The minimum absolute atomic E-state index is 0.0158. The zero-order valence-electron chi connectivity index (χ0n) is 19.3. The largest absolute Gasteiger partial charge is 0.460 e. The fourth-order valence-corrected chi connectivity index (χ4v) is 5.35. The highest BCUT2D eigenvalue weighted by Crippen LogP contribution is 2.42. The predicted molar refractivity (Wildman–Crippen MR) is 132 cm³/mol. The average molecular weight is 473 g/mol. The molecule has 1 unspecified atom stereocenters. The number of fused-ring (bicyclic) bond motifs is 3. The third-order valence-electron chi connectivity index (χ3n) is 5.58. The smallest absolute Gasteiger partial charge is 0.308 e. The number of esters is 1. The summed E-state index contributed by atoms with van der Waals surface area (Å²) in [5.41, 5.74) is 6.80. The van der Waals surface area contributed by atoms with Crippen LogP contribution >= 0.6 is 22.9 Å². The van der Waals surface area contributed by atoms with Crippen LogP contribution in [-0.4, -0.2) is 35.3 Å². The third-order valence-corrected chi connectivity index (χ3v) is 7.03. The topological polar surface area (TPSA) is 66.3 Å². The van der Waals surface area contributed by atoms with Gasteiger partial charge in [0, 0.05) is 21.0 Å². The van der Waals surface area contributed by atoms with Gasteiger partial charge in [0.05, 0.1) is 12.1 Å². The molecule has 0 radical (unpaired) electrons. The summed E-state index contributed by atoms with van der Waals surface area (Å²) >= 11 is 7.90. The van der Waals surface area contributed by atoms with E-state index in [1.807, 2.05) is 45.0 Å². The van der Waals surface area contributed by atoms with E-state index in [1.54, 1.807) is 11.3 Å². The van der Waals surface area contributed by atoms with Gasteiger partial charge in [-0.1, -0.05) is 30.7 Å². The second-order valence-corrected chi connectivity index (χ2v) is 10.8. The van der Waals surface area contributed by atoms with Crippen molar-refractivity contribution >= 4 is 45.5 Å². The van der Waals surface area contributed by atoms with E-state index in [9.17, 15) is 4.79 Å². The Bertz CT molecular complexity index is 1100. The summed E-state index contributed by atoms with van der Waals surface area (Å²) in [7, 11) is 0. The Morgan fingerprint density at radius 1 is 1.25 bits per heavy atom. The van der Waals surface area contributed by atoms with Gasteiger partial charge in [0.15, 0.2) is 5.84 Å². The van der Waals surface area contributed by atoms with Crippen molar-refractivity contribution in [2.24, 2.45) is 10.1 Å². The molecular formula is C24H29ClN4O2S. The van der Waals surface area contributed by atoms with Crippen molar-refractivity contribution in [3.05, 3.63) is 50.9 Å². The quantitative estimate of drug-likeness (QED) is 0.602. The number of halogens is 1. The Balaban J connectivity index is 1.87. The molecule has 0 saturated heterocycles. The molecule has 0 spiro atoms. The fourth-order valence-electron chi connectivity index (χ4n) is 4.01. The molecule has 8 heteroatoms. The van der Waals surface area contributed by atoms with E-state index in [0.29, 0.717) is 5.02 Å². The maximum absolute atomic E-state index is 12.8. The van der Waals surface area contributed by atoms with Gasteiger partial charge in [-0.3, -0.25) is 20.1 Å². The molecular weight excluding hydrogens is 444 g/mol. The van der Waals surface area contributed by atoms with E-state index >= 15 is 0 Å². The van der Waals surface area contributed by atoms with Crippen LogP contribution in [-0.2, 0) is 9.53 Å². The maximum Gasteiger partial charge on any atom is 0.308 e. The average Bonchev–Trinajstić information content (AvgIpc) is 3.22. The SMILES string of the molecule is CCC1NN=C2[C@H](CC(=O)OC(C)(C)C)N=C(c3ccc(Cl)cc3)c3c(sc(C)c3C)N21. The van der Waals surface area contributed by atoms with Gasteiger partial charge in [-0.25, -0.2) is 0 Å². The number of amidine groups is 1. The summed E-state index contributed by atoms with van der Waals surface area (Å²) in [6, 6.07) is 7.25. The van der Waals surface area contributed by atoms with Crippen LogP contribution in [0.1, 0.15) is 62.1 Å². The normalized spacial score (nSPS) is 20.0. The number of hydrogen-bond acceptors (Lipinski definition) is 7. The van der Waals surface area contributed by atoms with Crippen molar-refractivity contribution < 1.29 is 9.53 Å². The lowest BCUT2D eigenvalue weighted by Gasteiger charge is -2.27. The highest BCUT2D eigenvalue weighted by atomic mass is 35.5. The van der Waals surface area contributed by atoms with Crippen LogP contribution in [0.25, 0.3) is 0 Å². The first-order valence-electron chi connectivity index (χ1n) is 10.9. The van der Waals surface area contributed by atoms with Crippen molar-refractivity contribution in [1.29, 1.82) is 0 Å². The van der Waals surface area contributed by atoms with Crippen LogP contribution in [0.5, 0.6) is 0 Å². The molecule has 1 N–H and O–H groups in total. The standard InChI is InChI=1S/C24H29ClN4O2S/c1-7-18-27-28-22-17(12-19(30)31-24(4,5)6)26-21(15-8-10-16(25)11-9-15)20-13(2)14(3)32-23(20)29(18)22/h8-11,17-18,27H,7,12H2,1-6H3/t17-,18?/m0/s1. The number of rotatable bonds is 4. The minimum atomic E-state index is -0.557. The summed E-state index contributed by atoms with van der Waals surface area (Å²) < 4.78 is 5.62. The van der Waals surface area contributed by atoms with Gasteiger partial charge >= 0.3 is 5.97 Å². The van der Waals surface area contributed by atoms with Crippen molar-refractivity contribution in [3.8, 4) is 0 Å². The van der Waals surface area contributed by atoms with E-state index in [0.717, 1.165) is 34.1 Å². The second-order valence-electron chi connectivity index (χ2n) is 9.15. The maximum atomic E-state index is 12.8. The lowest BCUT2D eigenvalue weighted by Crippen LogP contribution is -2.43. The molecule has 2 aromatic rings. The molecule has 0 fully saturated rings. The molecule has 1 aromatic heterocycles. The van der Waals surface area contributed by atoms with E-state index in [2.05, 4.69) is 36.2 Å². The highest BCUT2D eigenvalue weighted by Gasteiger charge is 2.40. The number of benzene rings is 1. The Morgan fingerprint density at radius 3 is 2.56 bits per heavy atom. The first kappa shape index (κ1) is 22.8. The molecule has 4 rings (SSSR count). The van der Waals surface area contributed by atoms with Gasteiger partial charge < -0.3 is 4.74 Å². The van der Waals surface area contributed by atoms with Gasteiger partial charge in [0.1, 0.15) is 22.8 Å². The van der Waals surface area contributed by atoms with Crippen LogP contribution in [0.3, 0.4) is 0 Å². The number of hydrazone groups is 1. The predicted octanol–water partition coefficient (Wildman–Crippen LogP) is 5.43. The molecule has 2 atom stereocenters. The first-order chi connectivity index (χ1) is 15.1. The van der Waals surface area contributed by atoms with Crippen LogP contribution < -0.4 is 10.3 Å². The van der Waals surface area contributed by atoms with Gasteiger partial charge in [-0.05, 0) is 58.7 Å². The van der Waals surface area contributed by atoms with E-state index in [1.165, 1.54) is 10.4 Å². The highest BCUT2D eigenvalue weighted by molar-refractivity contribution is 7.17. The van der Waals surface area contributed by atoms with Crippen LogP contribution in [0.4, 0.5) is 5.00 Å². The number of carbonyl (C=O) groups excluding carboxylic acids is 1. The number of thiophene rings is 1. The number of anilines is 1. The summed E-state index contributed by atoms with van der Waals surface area (Å²) in [4.78, 5) is 21.4. The van der Waals surface area contributed by atoms with Crippen molar-refractivity contribution in [2.75, 3.05) is 4.90 Å². The van der Waals surface area contributed by atoms with Crippen molar-refractivity contribution in [1.82, 2.24) is 5.43 Å². The fraction of sp³-hybridized carbons (Fsp3) is 0.458. The molecule has 0 amide bonds. The minimum Gasteiger partial charge on any atom is -0.460 e. The van der Waals surface area contributed by atoms with Gasteiger partial charge in [0.25, 0.3) is 0 Å². The molecule has 32 heavy (non-hydrogen) atoms. The molecule has 1 aromatic carbocycles. The van der Waals surface area contributed by atoms with Crippen molar-refractivity contribution in [2.45, 2.75) is 72.2 Å². The van der Waals surface area contributed by atoms with Crippen LogP contribution in [0.15, 0.2) is 34.4 Å². The molecule has 3 heterocycles. The van der Waals surface area contributed by atoms with E-state index < -0.39 is 11.6 Å². The lowest BCUT2D eigenvalue weighted by molar-refractivity contribution is -0.154. The van der Waals surface area contributed by atoms with Gasteiger partial charge in [-0.2, -0.15) is 5.10 Å². The monoisotopic (exact) mass is 472 g/mol. The number of nitrogens with one attached hydrogen (secondary N) is 1. The van der Waals surface area contributed by atoms with Crippen LogP contribution in [0.2, 0.25) is 5.02 Å². The number of nitrogens with zero attached hydrogens (tertiary/aromatic N) is 3. The summed E-state index contributed by atoms with van der Waals surface area (Å²) in [6.07, 6.45) is 0.995. The number of carbonyl (C=O) groups is 1. The number of aliphatic imine (C=N–C) groups is 1. The Hall–Kier alpha value is -2.38. The Labute approximate surface area is 198 Å². The zero-order chi connectivity index (χ0) is 23.2. The molecule has 0 bridgehead atoms. The summed E-state index contributed by atoms with van der Waals surface area (Å²) in [5.74, 6) is 0.469. The zero-order valence-corrected chi connectivity index (χ0v) is 20.9. The summed E-state index contributed by atoms with van der Waals surface area (Å²) in [6.45, 7) is 12.0. The van der Waals surface area contributed by atoms with Crippen LogP contribution in [0, 0.1) is 13.8 Å². The molecule has 0 saturated carbocycles. The molecule has 6 nitrogen and oxygen atoms in total. The Morgan fingerprint density at radius 2 is 1.94 bits per heavy atom. The Kier molecular flexibility index (Phi) is 6.07. The number of aryl methyl sites for hydroxylation is 1. The van der Waals surface area contributed by atoms with Gasteiger partial charge in [-0.15, -0.1) is 11.3 Å². The summed E-state index contributed by atoms with van der Waals surface area (Å²) in [5, 5.41) is 6.42. The van der Waals surface area contributed by atoms with E-state index in [4.69, 9.17) is 21.3 Å². The molecule has 2 aliphatic rings. The molecule has 2 aliphatic heterocycles. The molecule has 0 aliphatic carbocycles. The number of ether oxygens (including phenoxy) is 1. The third kappa shape index (κ3) is 4.28.